The third kappa shape index (κ3) is 3.76. The average Bonchev–Trinajstić information content (AvgIpc) is 2.55. The first-order valence-electron chi connectivity index (χ1n) is 7.83. The molecule has 0 spiro atoms. The van der Waals surface area contributed by atoms with E-state index in [1.807, 2.05) is 24.3 Å². The number of carbonyl (C=O) groups is 1. The number of benzene rings is 1. The Morgan fingerprint density at radius 1 is 1.43 bits per heavy atom. The molecule has 0 aliphatic carbocycles. The lowest BCUT2D eigenvalue weighted by Gasteiger charge is -2.35. The van der Waals surface area contributed by atoms with Gasteiger partial charge >= 0.3 is 0 Å². The Balaban J connectivity index is 1.89. The third-order valence-corrected chi connectivity index (χ3v) is 4.50. The van der Waals surface area contributed by atoms with Gasteiger partial charge in [0.25, 0.3) is 0 Å². The summed E-state index contributed by atoms with van der Waals surface area (Å²) in [5.41, 5.74) is 0.909. The van der Waals surface area contributed by atoms with Gasteiger partial charge in [-0.3, -0.25) is 4.79 Å². The Hall–Kier alpha value is -1.55. The van der Waals surface area contributed by atoms with E-state index >= 15 is 0 Å². The standard InChI is InChI=1S/C17H26N2O2/c1-3-17(10-6-11-18-13-17)16(20)19-12-9-14-7-4-5-8-15(14)21-2/h4-5,7-8,18H,3,6,9-13H2,1-2H3,(H,19,20). The van der Waals surface area contributed by atoms with Gasteiger partial charge in [-0.2, -0.15) is 0 Å². The maximum Gasteiger partial charge on any atom is 0.227 e. The quantitative estimate of drug-likeness (QED) is 0.844. The highest BCUT2D eigenvalue weighted by atomic mass is 16.5. The maximum atomic E-state index is 12.5. The minimum Gasteiger partial charge on any atom is -0.496 e. The second-order valence-electron chi connectivity index (χ2n) is 5.73. The van der Waals surface area contributed by atoms with Gasteiger partial charge < -0.3 is 15.4 Å². The van der Waals surface area contributed by atoms with Gasteiger partial charge in [-0.1, -0.05) is 25.1 Å². The molecule has 1 heterocycles. The first-order valence-corrected chi connectivity index (χ1v) is 7.83. The predicted molar refractivity (Wildman–Crippen MR) is 84.5 cm³/mol. The molecular formula is C17H26N2O2. The molecule has 116 valence electrons. The molecule has 1 aliphatic rings. The highest BCUT2D eigenvalue weighted by Gasteiger charge is 2.37. The Morgan fingerprint density at radius 2 is 2.24 bits per heavy atom. The van der Waals surface area contributed by atoms with Crippen LogP contribution in [-0.4, -0.2) is 32.7 Å². The van der Waals surface area contributed by atoms with Gasteiger partial charge in [0.1, 0.15) is 5.75 Å². The van der Waals surface area contributed by atoms with E-state index in [4.69, 9.17) is 4.74 Å². The zero-order valence-corrected chi connectivity index (χ0v) is 13.1. The van der Waals surface area contributed by atoms with Crippen molar-refractivity contribution < 1.29 is 9.53 Å². The van der Waals surface area contributed by atoms with Crippen LogP contribution in [0.2, 0.25) is 0 Å². The second-order valence-corrected chi connectivity index (χ2v) is 5.73. The number of nitrogens with one attached hydrogen (secondary N) is 2. The van der Waals surface area contributed by atoms with E-state index in [-0.39, 0.29) is 11.3 Å². The Bertz CT molecular complexity index is 468. The van der Waals surface area contributed by atoms with E-state index in [1.54, 1.807) is 7.11 Å². The molecule has 4 heteroatoms. The molecule has 2 rings (SSSR count). The van der Waals surface area contributed by atoms with Crippen molar-refractivity contribution in [1.82, 2.24) is 10.6 Å². The highest BCUT2D eigenvalue weighted by molar-refractivity contribution is 5.83. The molecule has 1 amide bonds. The van der Waals surface area contributed by atoms with Gasteiger partial charge in [-0.25, -0.2) is 0 Å². The Morgan fingerprint density at radius 3 is 2.90 bits per heavy atom. The Labute approximate surface area is 127 Å². The number of para-hydroxylation sites is 1. The monoisotopic (exact) mass is 290 g/mol. The van der Waals surface area contributed by atoms with Gasteiger partial charge in [0.05, 0.1) is 12.5 Å². The maximum absolute atomic E-state index is 12.5. The van der Waals surface area contributed by atoms with Crippen molar-refractivity contribution in [1.29, 1.82) is 0 Å². The van der Waals surface area contributed by atoms with Crippen LogP contribution in [0.4, 0.5) is 0 Å². The molecule has 0 aromatic heterocycles. The number of amides is 1. The molecule has 21 heavy (non-hydrogen) atoms. The molecule has 0 radical (unpaired) electrons. The smallest absolute Gasteiger partial charge is 0.227 e. The largest absolute Gasteiger partial charge is 0.496 e. The third-order valence-electron chi connectivity index (χ3n) is 4.50. The lowest BCUT2D eigenvalue weighted by atomic mass is 9.77. The summed E-state index contributed by atoms with van der Waals surface area (Å²) >= 11 is 0. The van der Waals surface area contributed by atoms with E-state index < -0.39 is 0 Å². The number of hydrogen-bond donors (Lipinski definition) is 2. The van der Waals surface area contributed by atoms with Crippen LogP contribution in [-0.2, 0) is 11.2 Å². The molecule has 1 aliphatic heterocycles. The van der Waals surface area contributed by atoms with Gasteiger partial charge in [0.2, 0.25) is 5.91 Å². The van der Waals surface area contributed by atoms with Crippen LogP contribution in [0.1, 0.15) is 31.7 Å². The number of hydrogen-bond acceptors (Lipinski definition) is 3. The van der Waals surface area contributed by atoms with Crippen LogP contribution in [0.3, 0.4) is 0 Å². The molecule has 1 atom stereocenters. The van der Waals surface area contributed by atoms with Crippen LogP contribution >= 0.6 is 0 Å². The molecular weight excluding hydrogens is 264 g/mol. The van der Waals surface area contributed by atoms with Crippen molar-refractivity contribution >= 4 is 5.91 Å². The van der Waals surface area contributed by atoms with E-state index in [2.05, 4.69) is 17.6 Å². The van der Waals surface area contributed by atoms with Crippen molar-refractivity contribution in [2.75, 3.05) is 26.7 Å². The topological polar surface area (TPSA) is 50.4 Å². The fourth-order valence-electron chi connectivity index (χ4n) is 3.03. The number of methoxy groups -OCH3 is 1. The van der Waals surface area contributed by atoms with Crippen LogP contribution < -0.4 is 15.4 Å². The molecule has 1 fully saturated rings. The van der Waals surface area contributed by atoms with Gasteiger partial charge in [-0.05, 0) is 43.9 Å². The van der Waals surface area contributed by atoms with E-state index in [0.717, 1.165) is 50.1 Å². The molecule has 0 bridgehead atoms. The summed E-state index contributed by atoms with van der Waals surface area (Å²) in [6, 6.07) is 7.96. The molecule has 1 aromatic rings. The van der Waals surface area contributed by atoms with Crippen LogP contribution in [0.25, 0.3) is 0 Å². The van der Waals surface area contributed by atoms with Crippen molar-refractivity contribution in [3.8, 4) is 5.75 Å². The number of carbonyl (C=O) groups excluding carboxylic acids is 1. The molecule has 4 nitrogen and oxygen atoms in total. The van der Waals surface area contributed by atoms with Gasteiger partial charge in [-0.15, -0.1) is 0 Å². The normalized spacial score (nSPS) is 21.8. The van der Waals surface area contributed by atoms with Crippen molar-refractivity contribution in [2.24, 2.45) is 5.41 Å². The van der Waals surface area contributed by atoms with Crippen molar-refractivity contribution in [3.63, 3.8) is 0 Å². The van der Waals surface area contributed by atoms with Crippen LogP contribution in [0.15, 0.2) is 24.3 Å². The lowest BCUT2D eigenvalue weighted by molar-refractivity contribution is -0.132. The summed E-state index contributed by atoms with van der Waals surface area (Å²) in [6.07, 6.45) is 3.74. The van der Waals surface area contributed by atoms with E-state index in [0.29, 0.717) is 6.54 Å². The lowest BCUT2D eigenvalue weighted by Crippen LogP contribution is -2.50. The molecule has 1 unspecified atom stereocenters. The van der Waals surface area contributed by atoms with E-state index in [9.17, 15) is 4.79 Å². The highest BCUT2D eigenvalue weighted by Crippen LogP contribution is 2.30. The minimum atomic E-state index is -0.223. The van der Waals surface area contributed by atoms with Crippen molar-refractivity contribution in [3.05, 3.63) is 29.8 Å². The summed E-state index contributed by atoms with van der Waals surface area (Å²) in [4.78, 5) is 12.5. The zero-order valence-electron chi connectivity index (χ0n) is 13.1. The molecule has 2 N–H and O–H groups in total. The average molecular weight is 290 g/mol. The van der Waals surface area contributed by atoms with E-state index in [1.165, 1.54) is 0 Å². The fraction of sp³-hybridized carbons (Fsp3) is 0.588. The van der Waals surface area contributed by atoms with Gasteiger partial charge in [0, 0.05) is 13.1 Å². The van der Waals surface area contributed by atoms with Crippen LogP contribution in [0, 0.1) is 5.41 Å². The summed E-state index contributed by atoms with van der Waals surface area (Å²) < 4.78 is 5.34. The Kier molecular flexibility index (Phi) is 5.62. The number of ether oxygens (including phenoxy) is 1. The minimum absolute atomic E-state index is 0.187. The predicted octanol–water partition coefficient (Wildman–Crippen LogP) is 2.13. The second kappa shape index (κ2) is 7.46. The van der Waals surface area contributed by atoms with Crippen molar-refractivity contribution in [2.45, 2.75) is 32.6 Å². The molecule has 0 saturated carbocycles. The number of rotatable bonds is 6. The van der Waals surface area contributed by atoms with Crippen LogP contribution in [0.5, 0.6) is 5.75 Å². The zero-order chi connectivity index (χ0) is 15.1. The number of piperidine rings is 1. The summed E-state index contributed by atoms with van der Waals surface area (Å²) in [6.45, 7) is 4.58. The summed E-state index contributed by atoms with van der Waals surface area (Å²) in [7, 11) is 1.68. The first kappa shape index (κ1) is 15.8. The summed E-state index contributed by atoms with van der Waals surface area (Å²) in [5.74, 6) is 1.07. The summed E-state index contributed by atoms with van der Waals surface area (Å²) in [5, 5.41) is 6.46. The SMILES string of the molecule is CCC1(C(=O)NCCc2ccccc2OC)CCCNC1. The fourth-order valence-corrected chi connectivity index (χ4v) is 3.03. The van der Waals surface area contributed by atoms with Gasteiger partial charge in [0.15, 0.2) is 0 Å². The molecule has 1 saturated heterocycles. The molecule has 1 aromatic carbocycles. The first-order chi connectivity index (χ1) is 10.2.